The molecule has 0 radical (unpaired) electrons. The number of methoxy groups -OCH3 is 2. The monoisotopic (exact) mass is 470 g/mol. The number of aromatic nitrogens is 5. The zero-order chi connectivity index (χ0) is 22.8. The molecule has 0 aliphatic carbocycles. The molecule has 0 aromatic carbocycles. The van der Waals surface area contributed by atoms with Crippen molar-refractivity contribution in [3.63, 3.8) is 0 Å². The van der Waals surface area contributed by atoms with E-state index in [4.69, 9.17) is 16.3 Å². The summed E-state index contributed by atoms with van der Waals surface area (Å²) in [5, 5.41) is 3.25. The van der Waals surface area contributed by atoms with Gasteiger partial charge >= 0.3 is 5.97 Å². The Bertz CT molecular complexity index is 1360. The number of anilines is 1. The summed E-state index contributed by atoms with van der Waals surface area (Å²) < 4.78 is 10.0. The zero-order valence-corrected chi connectivity index (χ0v) is 18.6. The highest BCUT2D eigenvalue weighted by atomic mass is 35.5. The summed E-state index contributed by atoms with van der Waals surface area (Å²) in [6, 6.07) is 3.37. The number of nitrogens with zero attached hydrogens (tertiary/aromatic N) is 5. The molecule has 0 aliphatic rings. The molecule has 4 aromatic rings. The van der Waals surface area contributed by atoms with Gasteiger partial charge in [-0.15, -0.1) is 0 Å². The molecule has 32 heavy (non-hydrogen) atoms. The van der Waals surface area contributed by atoms with Crippen LogP contribution in [0.25, 0.3) is 21.6 Å². The van der Waals surface area contributed by atoms with Crippen LogP contribution in [0.2, 0.25) is 5.15 Å². The molecule has 0 fully saturated rings. The second-order valence-corrected chi connectivity index (χ2v) is 7.79. The molecule has 0 saturated carbocycles. The number of carbonyl (C=O) groups is 2. The number of aryl methyl sites for hydroxylation is 1. The summed E-state index contributed by atoms with van der Waals surface area (Å²) in [6.45, 7) is 1.81. The van der Waals surface area contributed by atoms with E-state index in [0.29, 0.717) is 33.0 Å². The first kappa shape index (κ1) is 21.5. The maximum atomic E-state index is 13.1. The van der Waals surface area contributed by atoms with Crippen molar-refractivity contribution < 1.29 is 19.1 Å². The number of hydrogen-bond acceptors (Lipinski definition) is 10. The summed E-state index contributed by atoms with van der Waals surface area (Å²) >= 11 is 7.15. The second-order valence-electron chi connectivity index (χ2n) is 6.43. The van der Waals surface area contributed by atoms with Crippen LogP contribution in [0, 0.1) is 6.92 Å². The number of hydrogen-bond donors (Lipinski definition) is 1. The summed E-state index contributed by atoms with van der Waals surface area (Å²) in [4.78, 5) is 45.9. The lowest BCUT2D eigenvalue weighted by molar-refractivity contribution is 0.0594. The molecule has 1 N–H and O–H groups in total. The van der Waals surface area contributed by atoms with E-state index in [0.717, 1.165) is 11.3 Å². The predicted octanol–water partition coefficient (Wildman–Crippen LogP) is 3.55. The Labute approximate surface area is 190 Å². The van der Waals surface area contributed by atoms with Gasteiger partial charge in [0.1, 0.15) is 10.9 Å². The zero-order valence-electron chi connectivity index (χ0n) is 17.0. The number of esters is 1. The Morgan fingerprint density at radius 3 is 2.59 bits per heavy atom. The largest absolute Gasteiger partial charge is 0.494 e. The van der Waals surface area contributed by atoms with E-state index in [1.165, 1.54) is 32.8 Å². The number of halogens is 1. The number of amides is 1. The average Bonchev–Trinajstić information content (AvgIpc) is 3.19. The Morgan fingerprint density at radius 2 is 1.84 bits per heavy atom. The van der Waals surface area contributed by atoms with Crippen molar-refractivity contribution in [3.8, 4) is 16.9 Å². The molecular weight excluding hydrogens is 456 g/mol. The Morgan fingerprint density at radius 1 is 1.03 bits per heavy atom. The normalized spacial score (nSPS) is 10.8. The second kappa shape index (κ2) is 8.81. The van der Waals surface area contributed by atoms with Gasteiger partial charge in [0.2, 0.25) is 0 Å². The van der Waals surface area contributed by atoms with Gasteiger partial charge in [-0.25, -0.2) is 19.7 Å². The van der Waals surface area contributed by atoms with E-state index in [9.17, 15) is 9.59 Å². The Kier molecular flexibility index (Phi) is 5.93. The molecule has 162 valence electrons. The highest BCUT2D eigenvalue weighted by Gasteiger charge is 2.20. The van der Waals surface area contributed by atoms with E-state index < -0.39 is 11.9 Å². The van der Waals surface area contributed by atoms with Crippen LogP contribution in [0.5, 0.6) is 5.75 Å². The van der Waals surface area contributed by atoms with Crippen LogP contribution in [0.4, 0.5) is 5.13 Å². The minimum absolute atomic E-state index is 0.0493. The summed E-state index contributed by atoms with van der Waals surface area (Å²) in [5.74, 6) is -0.605. The van der Waals surface area contributed by atoms with Crippen LogP contribution in [0.15, 0.2) is 30.7 Å². The van der Waals surface area contributed by atoms with Crippen LogP contribution in [0.3, 0.4) is 0 Å². The maximum Gasteiger partial charge on any atom is 0.358 e. The van der Waals surface area contributed by atoms with Gasteiger partial charge < -0.3 is 9.47 Å². The van der Waals surface area contributed by atoms with E-state index in [2.05, 4.69) is 35.0 Å². The number of rotatable bonds is 5. The fourth-order valence-electron chi connectivity index (χ4n) is 2.90. The first-order valence-electron chi connectivity index (χ1n) is 9.09. The molecule has 12 heteroatoms. The van der Waals surface area contributed by atoms with Crippen LogP contribution < -0.4 is 10.1 Å². The SMILES string of the molecule is COC(=O)c1cnc2nc(NC(=O)c3cnc(C)cc3-c3cc(Cl)ncc3OC)sc2n1. The quantitative estimate of drug-likeness (QED) is 0.343. The minimum Gasteiger partial charge on any atom is -0.494 e. The standard InChI is InChI=1S/C20H15ClN6O4S/c1-9-4-10(11-5-15(21)23-8-14(11)30-2)12(6-22-9)17(28)27-20-26-16-18(32-20)25-13(7-24-16)19(29)31-3/h4-8H,1-3H3,(H,24,26,27,28). The van der Waals surface area contributed by atoms with Gasteiger partial charge in [-0.2, -0.15) is 4.98 Å². The molecule has 4 aromatic heterocycles. The Hall–Kier alpha value is -3.70. The molecule has 0 aliphatic heterocycles. The lowest BCUT2D eigenvalue weighted by Gasteiger charge is -2.13. The van der Waals surface area contributed by atoms with Crippen LogP contribution >= 0.6 is 22.9 Å². The molecule has 4 heterocycles. The van der Waals surface area contributed by atoms with Crippen LogP contribution in [0.1, 0.15) is 26.5 Å². The van der Waals surface area contributed by atoms with Crippen LogP contribution in [-0.4, -0.2) is 51.0 Å². The highest BCUT2D eigenvalue weighted by Crippen LogP contribution is 2.34. The third-order valence-electron chi connectivity index (χ3n) is 4.37. The van der Waals surface area contributed by atoms with Crippen molar-refractivity contribution in [1.82, 2.24) is 24.9 Å². The molecular formula is C20H15ClN6O4S. The fourth-order valence-corrected chi connectivity index (χ4v) is 3.85. The summed E-state index contributed by atoms with van der Waals surface area (Å²) in [6.07, 6.45) is 4.22. The lowest BCUT2D eigenvalue weighted by atomic mass is 10.0. The highest BCUT2D eigenvalue weighted by molar-refractivity contribution is 7.21. The van der Waals surface area contributed by atoms with Gasteiger partial charge in [0.15, 0.2) is 21.3 Å². The van der Waals surface area contributed by atoms with Crippen molar-refractivity contribution in [2.75, 3.05) is 19.5 Å². The van der Waals surface area contributed by atoms with Crippen molar-refractivity contribution >= 4 is 50.4 Å². The predicted molar refractivity (Wildman–Crippen MR) is 118 cm³/mol. The van der Waals surface area contributed by atoms with E-state index in [1.54, 1.807) is 12.1 Å². The van der Waals surface area contributed by atoms with E-state index in [-0.39, 0.29) is 21.5 Å². The molecule has 0 atom stereocenters. The summed E-state index contributed by atoms with van der Waals surface area (Å²) in [5.41, 5.74) is 2.50. The Balaban J connectivity index is 1.70. The molecule has 0 saturated heterocycles. The third kappa shape index (κ3) is 4.20. The molecule has 0 bridgehead atoms. The topological polar surface area (TPSA) is 129 Å². The number of fused-ring (bicyclic) bond motifs is 1. The number of thiazole rings is 1. The van der Waals surface area contributed by atoms with Gasteiger partial charge in [0, 0.05) is 23.0 Å². The number of carbonyl (C=O) groups excluding carboxylic acids is 2. The minimum atomic E-state index is -0.612. The van der Waals surface area contributed by atoms with Crippen molar-refractivity contribution in [2.45, 2.75) is 6.92 Å². The maximum absolute atomic E-state index is 13.1. The van der Waals surface area contributed by atoms with Crippen molar-refractivity contribution in [2.24, 2.45) is 0 Å². The van der Waals surface area contributed by atoms with E-state index >= 15 is 0 Å². The van der Waals surface area contributed by atoms with Gasteiger partial charge in [0.25, 0.3) is 5.91 Å². The lowest BCUT2D eigenvalue weighted by Crippen LogP contribution is -2.14. The van der Waals surface area contributed by atoms with Gasteiger partial charge in [0.05, 0.1) is 32.2 Å². The number of nitrogens with one attached hydrogen (secondary N) is 1. The molecule has 1 amide bonds. The average molecular weight is 471 g/mol. The number of pyridine rings is 2. The third-order valence-corrected chi connectivity index (χ3v) is 5.43. The molecule has 0 spiro atoms. The number of ether oxygens (including phenoxy) is 2. The summed E-state index contributed by atoms with van der Waals surface area (Å²) in [7, 11) is 2.76. The van der Waals surface area contributed by atoms with Crippen molar-refractivity contribution in [1.29, 1.82) is 0 Å². The van der Waals surface area contributed by atoms with Gasteiger partial charge in [-0.3, -0.25) is 15.1 Å². The molecule has 4 rings (SSSR count). The molecule has 10 nitrogen and oxygen atoms in total. The molecule has 0 unspecified atom stereocenters. The first-order valence-corrected chi connectivity index (χ1v) is 10.3. The van der Waals surface area contributed by atoms with Gasteiger partial charge in [-0.1, -0.05) is 22.9 Å². The van der Waals surface area contributed by atoms with Gasteiger partial charge in [-0.05, 0) is 19.1 Å². The smallest absolute Gasteiger partial charge is 0.358 e. The fraction of sp³-hybridized carbons (Fsp3) is 0.150. The first-order chi connectivity index (χ1) is 15.4. The van der Waals surface area contributed by atoms with Crippen molar-refractivity contribution in [3.05, 3.63) is 52.8 Å². The van der Waals surface area contributed by atoms with E-state index in [1.807, 2.05) is 6.92 Å². The van der Waals surface area contributed by atoms with Crippen LogP contribution in [-0.2, 0) is 4.74 Å².